The van der Waals surface area contributed by atoms with E-state index in [1.54, 1.807) is 7.05 Å². The second-order valence-corrected chi connectivity index (χ2v) is 7.11. The first-order valence-corrected chi connectivity index (χ1v) is 9.26. The number of aryl methyl sites for hydroxylation is 1. The topological polar surface area (TPSA) is 51.2 Å². The fraction of sp³-hybridized carbons (Fsp3) is 0.556. The van der Waals surface area contributed by atoms with Gasteiger partial charge in [0.05, 0.1) is 6.54 Å². The van der Waals surface area contributed by atoms with Crippen molar-refractivity contribution in [2.75, 3.05) is 58.3 Å². The summed E-state index contributed by atoms with van der Waals surface area (Å²) in [6, 6.07) is 5.78. The molecule has 11 heteroatoms. The summed E-state index contributed by atoms with van der Waals surface area (Å²) in [6.45, 7) is 3.32. The van der Waals surface area contributed by atoms with Crippen LogP contribution in [0.25, 0.3) is 0 Å². The summed E-state index contributed by atoms with van der Waals surface area (Å²) in [6.07, 6.45) is -4.42. The molecule has 164 valence electrons. The van der Waals surface area contributed by atoms with Crippen molar-refractivity contribution in [3.63, 3.8) is 0 Å². The number of carbonyl (C=O) groups excluding carboxylic acids is 1. The minimum atomic E-state index is -4.42. The fourth-order valence-electron chi connectivity index (χ4n) is 3.06. The van der Waals surface area contributed by atoms with Crippen LogP contribution < -0.4 is 10.2 Å². The number of amides is 1. The Morgan fingerprint density at radius 1 is 1.28 bits per heavy atom. The van der Waals surface area contributed by atoms with E-state index in [0.29, 0.717) is 29.0 Å². The number of alkyl halides is 3. The molecule has 0 aliphatic carbocycles. The molecule has 0 spiro atoms. The summed E-state index contributed by atoms with van der Waals surface area (Å²) in [5, 5.41) is 3.54. The van der Waals surface area contributed by atoms with Crippen LogP contribution in [0.15, 0.2) is 23.2 Å². The lowest BCUT2D eigenvalue weighted by Gasteiger charge is -2.38. The average Bonchev–Trinajstić information content (AvgIpc) is 2.63. The maximum atomic E-state index is 12.4. The number of nitrogens with zero attached hydrogens (tertiary/aromatic N) is 4. The first-order chi connectivity index (χ1) is 13.1. The van der Waals surface area contributed by atoms with Gasteiger partial charge in [-0.05, 0) is 24.6 Å². The number of hydrogen-bond donors (Lipinski definition) is 1. The van der Waals surface area contributed by atoms with Crippen LogP contribution in [0.3, 0.4) is 0 Å². The lowest BCUT2D eigenvalue weighted by Crippen LogP contribution is -2.54. The molecule has 1 N–H and O–H groups in total. The molecule has 1 saturated heterocycles. The highest BCUT2D eigenvalue weighted by molar-refractivity contribution is 14.0. The molecule has 1 fully saturated rings. The van der Waals surface area contributed by atoms with Gasteiger partial charge in [-0.3, -0.25) is 9.79 Å². The fourth-order valence-corrected chi connectivity index (χ4v) is 3.23. The smallest absolute Gasteiger partial charge is 0.368 e. The lowest BCUT2D eigenvalue weighted by atomic mass is 10.1. The summed E-state index contributed by atoms with van der Waals surface area (Å²) >= 11 is 6.10. The van der Waals surface area contributed by atoms with E-state index >= 15 is 0 Å². The zero-order chi connectivity index (χ0) is 20.9. The molecular formula is C18H26ClF3IN5O. The minimum Gasteiger partial charge on any atom is -0.368 e. The van der Waals surface area contributed by atoms with E-state index in [1.165, 1.54) is 0 Å². The molecule has 6 nitrogen and oxygen atoms in total. The predicted molar refractivity (Wildman–Crippen MR) is 120 cm³/mol. The molecule has 1 aromatic carbocycles. The van der Waals surface area contributed by atoms with Crippen molar-refractivity contribution in [3.05, 3.63) is 28.8 Å². The third-order valence-corrected chi connectivity index (χ3v) is 4.78. The quantitative estimate of drug-likeness (QED) is 0.358. The Hall–Kier alpha value is -1.43. The third kappa shape index (κ3) is 7.72. The molecule has 0 atom stereocenters. The van der Waals surface area contributed by atoms with E-state index in [9.17, 15) is 18.0 Å². The lowest BCUT2D eigenvalue weighted by molar-refractivity contribution is -0.157. The van der Waals surface area contributed by atoms with Gasteiger partial charge < -0.3 is 20.0 Å². The van der Waals surface area contributed by atoms with Crippen LogP contribution in [0.2, 0.25) is 5.02 Å². The molecule has 1 heterocycles. The second-order valence-electron chi connectivity index (χ2n) is 6.67. The molecule has 29 heavy (non-hydrogen) atoms. The van der Waals surface area contributed by atoms with Gasteiger partial charge in [0, 0.05) is 51.0 Å². The van der Waals surface area contributed by atoms with Gasteiger partial charge in [0.25, 0.3) is 0 Å². The van der Waals surface area contributed by atoms with E-state index in [2.05, 4.69) is 15.2 Å². The molecule has 1 aliphatic heterocycles. The Labute approximate surface area is 191 Å². The Balaban J connectivity index is 0.00000420. The van der Waals surface area contributed by atoms with Gasteiger partial charge in [-0.1, -0.05) is 17.7 Å². The van der Waals surface area contributed by atoms with E-state index in [1.807, 2.05) is 30.0 Å². The molecule has 1 aromatic rings. The maximum Gasteiger partial charge on any atom is 0.406 e. The van der Waals surface area contributed by atoms with Crippen LogP contribution in [-0.2, 0) is 4.79 Å². The van der Waals surface area contributed by atoms with E-state index < -0.39 is 18.6 Å². The number of carbonyl (C=O) groups is 1. The van der Waals surface area contributed by atoms with Gasteiger partial charge >= 0.3 is 6.18 Å². The van der Waals surface area contributed by atoms with Crippen molar-refractivity contribution in [2.45, 2.75) is 13.1 Å². The highest BCUT2D eigenvalue weighted by atomic mass is 127. The van der Waals surface area contributed by atoms with Gasteiger partial charge in [-0.15, -0.1) is 24.0 Å². The number of likely N-dealkylation sites (N-methyl/N-ethyl adjacent to an activating group) is 1. The van der Waals surface area contributed by atoms with E-state index in [0.717, 1.165) is 31.4 Å². The van der Waals surface area contributed by atoms with Crippen LogP contribution in [0.1, 0.15) is 5.56 Å². The number of hydrogen-bond acceptors (Lipinski definition) is 3. The van der Waals surface area contributed by atoms with Crippen LogP contribution in [-0.4, -0.2) is 81.2 Å². The SMILES string of the molecule is CN=C(NCC(=O)N(C)CC(F)(F)F)N1CCN(c2cc(Cl)ccc2C)CC1.I. The number of anilines is 1. The summed E-state index contributed by atoms with van der Waals surface area (Å²) in [5.74, 6) is -0.150. The zero-order valence-corrected chi connectivity index (χ0v) is 19.7. The molecule has 2 rings (SSSR count). The number of nitrogens with one attached hydrogen (secondary N) is 1. The molecule has 0 radical (unpaired) electrons. The Morgan fingerprint density at radius 2 is 1.90 bits per heavy atom. The third-order valence-electron chi connectivity index (χ3n) is 4.54. The van der Waals surface area contributed by atoms with Crippen molar-refractivity contribution in [3.8, 4) is 0 Å². The first kappa shape index (κ1) is 25.6. The van der Waals surface area contributed by atoms with Crippen molar-refractivity contribution in [2.24, 2.45) is 4.99 Å². The maximum absolute atomic E-state index is 12.4. The van der Waals surface area contributed by atoms with E-state index in [-0.39, 0.29) is 30.5 Å². The van der Waals surface area contributed by atoms with Crippen molar-refractivity contribution in [1.82, 2.24) is 15.1 Å². The number of aliphatic imine (C=N–C) groups is 1. The largest absolute Gasteiger partial charge is 0.406 e. The summed E-state index contributed by atoms with van der Waals surface area (Å²) in [4.78, 5) is 20.9. The molecule has 1 aliphatic rings. The van der Waals surface area contributed by atoms with Crippen LogP contribution >= 0.6 is 35.6 Å². The molecule has 0 unspecified atom stereocenters. The van der Waals surface area contributed by atoms with E-state index in [4.69, 9.17) is 11.6 Å². The zero-order valence-electron chi connectivity index (χ0n) is 16.6. The Bertz CT molecular complexity index is 724. The monoisotopic (exact) mass is 547 g/mol. The number of guanidine groups is 1. The van der Waals surface area contributed by atoms with Crippen molar-refractivity contribution >= 4 is 53.1 Å². The number of benzene rings is 1. The molecule has 1 amide bonds. The Morgan fingerprint density at radius 3 is 2.45 bits per heavy atom. The normalized spacial score (nSPS) is 15.1. The summed E-state index contributed by atoms with van der Waals surface area (Å²) < 4.78 is 37.2. The molecule has 0 bridgehead atoms. The second kappa shape index (κ2) is 11.1. The van der Waals surface area contributed by atoms with Gasteiger partial charge in [-0.25, -0.2) is 0 Å². The van der Waals surface area contributed by atoms with Crippen molar-refractivity contribution < 1.29 is 18.0 Å². The number of piperazine rings is 1. The number of halogens is 5. The summed E-state index contributed by atoms with van der Waals surface area (Å²) in [7, 11) is 2.71. The standard InChI is InChI=1S/C18H25ClF3N5O.HI/c1-13-4-5-14(19)10-15(13)26-6-8-27(9-7-26)17(23-2)24-11-16(28)25(3)12-18(20,21)22;/h4-5,10H,6-9,11-12H2,1-3H3,(H,23,24);1H. The Kier molecular flexibility index (Phi) is 9.80. The highest BCUT2D eigenvalue weighted by Crippen LogP contribution is 2.25. The van der Waals surface area contributed by atoms with Crippen LogP contribution in [0, 0.1) is 6.92 Å². The van der Waals surface area contributed by atoms with Crippen LogP contribution in [0.4, 0.5) is 18.9 Å². The predicted octanol–water partition coefficient (Wildman–Crippen LogP) is 2.98. The molecular weight excluding hydrogens is 522 g/mol. The minimum absolute atomic E-state index is 0. The number of rotatable bonds is 4. The van der Waals surface area contributed by atoms with Gasteiger partial charge in [0.1, 0.15) is 6.54 Å². The highest BCUT2D eigenvalue weighted by Gasteiger charge is 2.31. The summed E-state index contributed by atoms with van der Waals surface area (Å²) in [5.41, 5.74) is 2.22. The van der Waals surface area contributed by atoms with Crippen molar-refractivity contribution in [1.29, 1.82) is 0 Å². The van der Waals surface area contributed by atoms with Crippen LogP contribution in [0.5, 0.6) is 0 Å². The molecule has 0 aromatic heterocycles. The van der Waals surface area contributed by atoms with Gasteiger partial charge in [0.15, 0.2) is 5.96 Å². The first-order valence-electron chi connectivity index (χ1n) is 8.88. The average molecular weight is 548 g/mol. The van der Waals surface area contributed by atoms with Gasteiger partial charge in [0.2, 0.25) is 5.91 Å². The van der Waals surface area contributed by atoms with Gasteiger partial charge in [-0.2, -0.15) is 13.2 Å². The molecule has 0 saturated carbocycles.